The number of benzene rings is 2. The molecule has 149 valence electrons. The number of halogens is 1. The molecule has 7 nitrogen and oxygen atoms in total. The first-order valence-electron chi connectivity index (χ1n) is 9.73. The Labute approximate surface area is 180 Å². The third kappa shape index (κ3) is 3.47. The third-order valence-corrected chi connectivity index (χ3v) is 5.71. The van der Waals surface area contributed by atoms with Crippen LogP contribution in [0, 0.1) is 0 Å². The molecule has 1 fully saturated rings. The van der Waals surface area contributed by atoms with Crippen LogP contribution in [0.3, 0.4) is 0 Å². The first kappa shape index (κ1) is 19.2. The van der Waals surface area contributed by atoms with Crippen LogP contribution in [-0.2, 0) is 4.65 Å². The molecule has 30 heavy (non-hydrogen) atoms. The highest BCUT2D eigenvalue weighted by Gasteiger charge is 2.21. The van der Waals surface area contributed by atoms with Gasteiger partial charge in [0.1, 0.15) is 18.5 Å². The molecule has 0 spiro atoms. The van der Waals surface area contributed by atoms with Crippen molar-refractivity contribution in [2.75, 3.05) is 38.2 Å². The monoisotopic (exact) mass is 417 g/mol. The average molecular weight is 418 g/mol. The second kappa shape index (κ2) is 8.14. The Morgan fingerprint density at radius 2 is 1.87 bits per heavy atom. The van der Waals surface area contributed by atoms with Gasteiger partial charge >= 0.3 is 7.62 Å². The largest absolute Gasteiger partial charge is 0.427 e. The summed E-state index contributed by atoms with van der Waals surface area (Å²) in [5, 5.41) is 2.57. The topological polar surface area (TPSA) is 67.3 Å². The average Bonchev–Trinajstić information content (AvgIpc) is 2.79. The molecule has 1 aliphatic heterocycles. The second-order valence-electron chi connectivity index (χ2n) is 7.18. The van der Waals surface area contributed by atoms with Gasteiger partial charge in [-0.05, 0) is 12.1 Å². The van der Waals surface area contributed by atoms with Gasteiger partial charge in [-0.15, -0.1) is 0 Å². The maximum atomic E-state index is 6.77. The highest BCUT2D eigenvalue weighted by Crippen LogP contribution is 2.37. The van der Waals surface area contributed by atoms with Gasteiger partial charge in [0.2, 0.25) is 0 Å². The smallest absolute Gasteiger partial charge is 0.398 e. The van der Waals surface area contributed by atoms with Gasteiger partial charge in [-0.2, -0.15) is 0 Å². The number of rotatable bonds is 4. The van der Waals surface area contributed by atoms with Crippen LogP contribution in [-0.4, -0.2) is 65.7 Å². The number of aromatic nitrogens is 4. The summed E-state index contributed by atoms with van der Waals surface area (Å²) in [5.41, 5.74) is 3.59. The van der Waals surface area contributed by atoms with Crippen LogP contribution in [0.4, 0.5) is 5.82 Å². The van der Waals surface area contributed by atoms with E-state index in [0.29, 0.717) is 5.02 Å². The molecule has 2 aromatic heterocycles. The number of hydrogen-bond acceptors (Lipinski definition) is 7. The lowest BCUT2D eigenvalue weighted by Crippen LogP contribution is -2.48. The predicted molar refractivity (Wildman–Crippen MR) is 120 cm³/mol. The van der Waals surface area contributed by atoms with Crippen molar-refractivity contribution in [2.45, 2.75) is 0 Å². The van der Waals surface area contributed by atoms with Gasteiger partial charge in [-0.25, -0.2) is 19.9 Å². The summed E-state index contributed by atoms with van der Waals surface area (Å²) in [5.74, 6) is 0.908. The molecule has 0 bridgehead atoms. The number of nitrogens with zero attached hydrogens (tertiary/aromatic N) is 6. The molecule has 4 aromatic rings. The summed E-state index contributed by atoms with van der Waals surface area (Å²) in [4.78, 5) is 22.1. The van der Waals surface area contributed by atoms with E-state index in [4.69, 9.17) is 16.3 Å². The van der Waals surface area contributed by atoms with Crippen LogP contribution in [0.15, 0.2) is 49.2 Å². The first-order valence-corrected chi connectivity index (χ1v) is 10.1. The third-order valence-electron chi connectivity index (χ3n) is 5.40. The van der Waals surface area contributed by atoms with Crippen molar-refractivity contribution in [2.24, 2.45) is 0 Å². The van der Waals surface area contributed by atoms with Crippen molar-refractivity contribution in [3.8, 4) is 11.1 Å². The van der Waals surface area contributed by atoms with Gasteiger partial charge < -0.3 is 14.4 Å². The van der Waals surface area contributed by atoms with Gasteiger partial charge in [0.05, 0.1) is 11.0 Å². The zero-order valence-electron chi connectivity index (χ0n) is 16.5. The van der Waals surface area contributed by atoms with Crippen LogP contribution in [0.1, 0.15) is 0 Å². The van der Waals surface area contributed by atoms with E-state index >= 15 is 0 Å². The van der Waals surface area contributed by atoms with Crippen molar-refractivity contribution in [1.82, 2.24) is 24.7 Å². The van der Waals surface area contributed by atoms with Crippen LogP contribution in [0.25, 0.3) is 32.9 Å². The molecule has 0 N–H and O–H groups in total. The number of piperazine rings is 1. The number of para-hydroxylation sites is 1. The molecule has 0 amide bonds. The molecule has 0 aliphatic carbocycles. The van der Waals surface area contributed by atoms with Crippen LogP contribution in [0.2, 0.25) is 5.02 Å². The Hall–Kier alpha value is -2.81. The summed E-state index contributed by atoms with van der Waals surface area (Å²) in [7, 11) is 3.44. The summed E-state index contributed by atoms with van der Waals surface area (Å²) in [6, 6.07) is 10.00. The van der Waals surface area contributed by atoms with Gasteiger partial charge in [0, 0.05) is 66.4 Å². The van der Waals surface area contributed by atoms with Gasteiger partial charge in [-0.1, -0.05) is 29.8 Å². The minimum Gasteiger partial charge on any atom is -0.427 e. The summed E-state index contributed by atoms with van der Waals surface area (Å²) >= 11 is 6.77. The molecule has 2 aromatic carbocycles. The molecule has 5 rings (SSSR count). The fraction of sp³-hybridized carbons (Fsp3) is 0.238. The first-order chi connectivity index (χ1) is 14.7. The van der Waals surface area contributed by atoms with Crippen LogP contribution < -0.4 is 4.90 Å². The molecule has 9 heteroatoms. The summed E-state index contributed by atoms with van der Waals surface area (Å²) < 4.78 is 5.12. The predicted octanol–water partition coefficient (Wildman–Crippen LogP) is 3.20. The van der Waals surface area contributed by atoms with Gasteiger partial charge in [0.15, 0.2) is 0 Å². The lowest BCUT2D eigenvalue weighted by atomic mass is 10.0. The zero-order chi connectivity index (χ0) is 20.5. The maximum Gasteiger partial charge on any atom is 0.398 e. The van der Waals surface area contributed by atoms with E-state index in [-0.39, 0.29) is 0 Å². The molecule has 1 aliphatic rings. The Morgan fingerprint density at radius 1 is 1.00 bits per heavy atom. The summed E-state index contributed by atoms with van der Waals surface area (Å²) in [6.07, 6.45) is 4.98. The molecular weight excluding hydrogens is 399 g/mol. The van der Waals surface area contributed by atoms with Gasteiger partial charge in [0.25, 0.3) is 0 Å². The highest BCUT2D eigenvalue weighted by atomic mass is 35.5. The molecule has 0 unspecified atom stereocenters. The van der Waals surface area contributed by atoms with E-state index < -0.39 is 0 Å². The molecular formula is C21H19BClN6O. The lowest BCUT2D eigenvalue weighted by Gasteiger charge is -2.34. The standard InChI is InChI=1S/C21H19BClN6O/c1-30-22-29-7-5-28(6-8-29)21-17-9-18(23)16(10-19(17)25-13-27-21)15-4-2-3-14-11-24-12-26-20(14)15/h2-4,9-13H,5-8H2,1H3. The lowest BCUT2D eigenvalue weighted by molar-refractivity contribution is 0.323. The van der Waals surface area contributed by atoms with E-state index in [2.05, 4.69) is 29.6 Å². The Bertz CT molecular complexity index is 1210. The number of anilines is 1. The van der Waals surface area contributed by atoms with Crippen LogP contribution in [0.5, 0.6) is 0 Å². The van der Waals surface area contributed by atoms with Crippen molar-refractivity contribution in [1.29, 1.82) is 0 Å². The van der Waals surface area contributed by atoms with Crippen molar-refractivity contribution >= 4 is 46.8 Å². The minimum absolute atomic E-state index is 0.649. The van der Waals surface area contributed by atoms with Crippen molar-refractivity contribution < 1.29 is 4.65 Å². The summed E-state index contributed by atoms with van der Waals surface area (Å²) in [6.45, 7) is 3.46. The molecule has 0 atom stereocenters. The van der Waals surface area contributed by atoms with Gasteiger partial charge in [-0.3, -0.25) is 0 Å². The van der Waals surface area contributed by atoms with Crippen LogP contribution >= 0.6 is 11.6 Å². The second-order valence-corrected chi connectivity index (χ2v) is 7.58. The zero-order valence-corrected chi connectivity index (χ0v) is 17.3. The molecule has 0 saturated carbocycles. The fourth-order valence-corrected chi connectivity index (χ4v) is 4.21. The van der Waals surface area contributed by atoms with Crippen molar-refractivity contribution in [3.05, 3.63) is 54.2 Å². The Balaban J connectivity index is 1.56. The van der Waals surface area contributed by atoms with E-state index in [1.165, 1.54) is 0 Å². The highest BCUT2D eigenvalue weighted by molar-refractivity contribution is 6.34. The Morgan fingerprint density at radius 3 is 2.70 bits per heavy atom. The number of fused-ring (bicyclic) bond motifs is 2. The SMILES string of the molecule is CO[B]N1CCN(c2ncnc3cc(-c4cccc5cncnc45)c(Cl)cc23)CC1. The Kier molecular flexibility index (Phi) is 5.20. The van der Waals surface area contributed by atoms with Crippen molar-refractivity contribution in [3.63, 3.8) is 0 Å². The van der Waals surface area contributed by atoms with E-state index in [0.717, 1.165) is 64.9 Å². The quantitative estimate of drug-likeness (QED) is 0.472. The van der Waals surface area contributed by atoms with E-state index in [9.17, 15) is 0 Å². The minimum atomic E-state index is 0.649. The van der Waals surface area contributed by atoms with E-state index in [1.807, 2.05) is 36.5 Å². The molecule has 1 saturated heterocycles. The normalized spacial score (nSPS) is 15.1. The maximum absolute atomic E-state index is 6.77. The number of hydrogen-bond donors (Lipinski definition) is 0. The van der Waals surface area contributed by atoms with E-state index in [1.54, 1.807) is 27.4 Å². The molecule has 1 radical (unpaired) electrons. The fourth-order valence-electron chi connectivity index (χ4n) is 3.94. The molecule has 3 heterocycles.